The summed E-state index contributed by atoms with van der Waals surface area (Å²) in [7, 11) is 0. The fraction of sp³-hybridized carbons (Fsp3) is 0.632. The SMILES string of the molecule is CCOC(=O)C1C[C@@]2(C)C[C@@H](OCc3ccccc3C)[C@]1(C)O2. The van der Waals surface area contributed by atoms with Crippen molar-refractivity contribution in [3.63, 3.8) is 0 Å². The first-order valence-corrected chi connectivity index (χ1v) is 8.41. The van der Waals surface area contributed by atoms with Crippen LogP contribution in [0.3, 0.4) is 0 Å². The normalized spacial score (nSPS) is 35.5. The van der Waals surface area contributed by atoms with E-state index < -0.39 is 5.60 Å². The molecule has 126 valence electrons. The summed E-state index contributed by atoms with van der Waals surface area (Å²) >= 11 is 0. The van der Waals surface area contributed by atoms with Crippen molar-refractivity contribution in [2.75, 3.05) is 6.61 Å². The lowest BCUT2D eigenvalue weighted by atomic mass is 9.73. The quantitative estimate of drug-likeness (QED) is 0.781. The van der Waals surface area contributed by atoms with Crippen LogP contribution < -0.4 is 0 Å². The lowest BCUT2D eigenvalue weighted by molar-refractivity contribution is -0.161. The van der Waals surface area contributed by atoms with Gasteiger partial charge in [0.15, 0.2) is 0 Å². The molecule has 4 atom stereocenters. The Bertz CT molecular complexity index is 599. The van der Waals surface area contributed by atoms with Gasteiger partial charge in [-0.1, -0.05) is 24.3 Å². The molecule has 0 spiro atoms. The monoisotopic (exact) mass is 318 g/mol. The fourth-order valence-corrected chi connectivity index (χ4v) is 4.04. The predicted octanol–water partition coefficient (Wildman–Crippen LogP) is 3.40. The molecule has 4 heteroatoms. The van der Waals surface area contributed by atoms with Crippen molar-refractivity contribution in [3.8, 4) is 0 Å². The number of benzene rings is 1. The summed E-state index contributed by atoms with van der Waals surface area (Å²) in [5.41, 5.74) is 1.51. The van der Waals surface area contributed by atoms with Crippen LogP contribution in [0, 0.1) is 12.8 Å². The summed E-state index contributed by atoms with van der Waals surface area (Å²) < 4.78 is 17.7. The first-order valence-electron chi connectivity index (χ1n) is 8.41. The summed E-state index contributed by atoms with van der Waals surface area (Å²) in [5, 5.41) is 0. The van der Waals surface area contributed by atoms with E-state index in [1.54, 1.807) is 0 Å². The highest BCUT2D eigenvalue weighted by Gasteiger charge is 2.65. The number of esters is 1. The molecule has 0 amide bonds. The molecule has 0 N–H and O–H groups in total. The molecule has 1 aromatic carbocycles. The Morgan fingerprint density at radius 1 is 1.30 bits per heavy atom. The minimum absolute atomic E-state index is 0.0877. The lowest BCUT2D eigenvalue weighted by Gasteiger charge is -2.34. The third-order valence-electron chi connectivity index (χ3n) is 5.32. The van der Waals surface area contributed by atoms with Crippen LogP contribution in [0.2, 0.25) is 0 Å². The zero-order chi connectivity index (χ0) is 16.7. The van der Waals surface area contributed by atoms with E-state index in [1.165, 1.54) is 11.1 Å². The molecular weight excluding hydrogens is 292 g/mol. The van der Waals surface area contributed by atoms with E-state index in [-0.39, 0.29) is 23.6 Å². The minimum atomic E-state index is -0.594. The Hall–Kier alpha value is -1.39. The highest BCUT2D eigenvalue weighted by Crippen LogP contribution is 2.55. The first-order chi connectivity index (χ1) is 10.9. The number of rotatable bonds is 5. The second-order valence-corrected chi connectivity index (χ2v) is 7.17. The molecule has 2 fully saturated rings. The molecule has 2 aliphatic heterocycles. The van der Waals surface area contributed by atoms with Crippen LogP contribution in [0.5, 0.6) is 0 Å². The lowest BCUT2D eigenvalue weighted by Crippen LogP contribution is -2.48. The molecule has 1 unspecified atom stereocenters. The van der Waals surface area contributed by atoms with Crippen molar-refractivity contribution in [1.29, 1.82) is 0 Å². The van der Waals surface area contributed by atoms with Crippen molar-refractivity contribution in [3.05, 3.63) is 35.4 Å². The van der Waals surface area contributed by atoms with Gasteiger partial charge in [-0.15, -0.1) is 0 Å². The van der Waals surface area contributed by atoms with E-state index in [1.807, 2.05) is 26.0 Å². The molecule has 3 rings (SSSR count). The molecule has 2 bridgehead atoms. The summed E-state index contributed by atoms with van der Waals surface area (Å²) in [4.78, 5) is 12.3. The number of fused-ring (bicyclic) bond motifs is 2. The van der Waals surface area contributed by atoms with E-state index in [2.05, 4.69) is 26.0 Å². The first kappa shape index (κ1) is 16.5. The zero-order valence-corrected chi connectivity index (χ0v) is 14.4. The third kappa shape index (κ3) is 2.90. The maximum Gasteiger partial charge on any atom is 0.312 e. The van der Waals surface area contributed by atoms with Crippen molar-refractivity contribution in [2.24, 2.45) is 5.92 Å². The van der Waals surface area contributed by atoms with E-state index in [0.29, 0.717) is 19.6 Å². The molecule has 2 heterocycles. The molecule has 23 heavy (non-hydrogen) atoms. The van der Waals surface area contributed by atoms with E-state index >= 15 is 0 Å². The van der Waals surface area contributed by atoms with Crippen LogP contribution in [0.1, 0.15) is 44.7 Å². The highest BCUT2D eigenvalue weighted by atomic mass is 16.6. The Morgan fingerprint density at radius 3 is 2.70 bits per heavy atom. The number of aryl methyl sites for hydroxylation is 1. The fourth-order valence-electron chi connectivity index (χ4n) is 4.04. The van der Waals surface area contributed by atoms with E-state index in [9.17, 15) is 4.79 Å². The van der Waals surface area contributed by atoms with Crippen molar-refractivity contribution in [1.82, 2.24) is 0 Å². The second kappa shape index (κ2) is 5.91. The van der Waals surface area contributed by atoms with Gasteiger partial charge >= 0.3 is 5.97 Å². The van der Waals surface area contributed by atoms with Crippen LogP contribution in [0.15, 0.2) is 24.3 Å². The van der Waals surface area contributed by atoms with Crippen molar-refractivity contribution < 1.29 is 19.0 Å². The minimum Gasteiger partial charge on any atom is -0.466 e. The van der Waals surface area contributed by atoms with Crippen molar-refractivity contribution >= 4 is 5.97 Å². The molecule has 0 saturated carbocycles. The van der Waals surface area contributed by atoms with Gasteiger partial charge in [-0.2, -0.15) is 0 Å². The average Bonchev–Trinajstić information content (AvgIpc) is 2.92. The van der Waals surface area contributed by atoms with Gasteiger partial charge in [0.2, 0.25) is 0 Å². The third-order valence-corrected chi connectivity index (χ3v) is 5.32. The number of hydrogen-bond acceptors (Lipinski definition) is 4. The Labute approximate surface area is 138 Å². The van der Waals surface area contributed by atoms with E-state index in [4.69, 9.17) is 14.2 Å². The number of carbonyl (C=O) groups is 1. The summed E-state index contributed by atoms with van der Waals surface area (Å²) in [6.07, 6.45) is 1.45. The van der Waals surface area contributed by atoms with Crippen LogP contribution in [-0.4, -0.2) is 29.9 Å². The molecule has 4 nitrogen and oxygen atoms in total. The van der Waals surface area contributed by atoms with Gasteiger partial charge in [0.1, 0.15) is 5.60 Å². The zero-order valence-electron chi connectivity index (χ0n) is 14.4. The second-order valence-electron chi connectivity index (χ2n) is 7.17. The van der Waals surface area contributed by atoms with Gasteiger partial charge in [0, 0.05) is 6.42 Å². The Balaban J connectivity index is 1.73. The topological polar surface area (TPSA) is 44.8 Å². The summed E-state index contributed by atoms with van der Waals surface area (Å²) in [6.45, 7) is 8.93. The van der Waals surface area contributed by atoms with Crippen molar-refractivity contribution in [2.45, 2.75) is 64.4 Å². The number of ether oxygens (including phenoxy) is 3. The van der Waals surface area contributed by atoms with E-state index in [0.717, 1.165) is 6.42 Å². The summed E-state index contributed by atoms with van der Waals surface area (Å²) in [6, 6.07) is 8.21. The average molecular weight is 318 g/mol. The maximum absolute atomic E-state index is 12.3. The molecule has 0 aromatic heterocycles. The van der Waals surface area contributed by atoms with Gasteiger partial charge in [0.25, 0.3) is 0 Å². The van der Waals surface area contributed by atoms with Gasteiger partial charge in [0.05, 0.1) is 30.8 Å². The molecular formula is C19H26O4. The number of carbonyl (C=O) groups excluding carboxylic acids is 1. The Morgan fingerprint density at radius 2 is 2.04 bits per heavy atom. The maximum atomic E-state index is 12.3. The van der Waals surface area contributed by atoms with Gasteiger partial charge < -0.3 is 14.2 Å². The highest BCUT2D eigenvalue weighted by molar-refractivity contribution is 5.75. The number of hydrogen-bond donors (Lipinski definition) is 0. The van der Waals surface area contributed by atoms with Crippen LogP contribution in [0.4, 0.5) is 0 Å². The molecule has 1 aromatic rings. The van der Waals surface area contributed by atoms with Crippen LogP contribution in [-0.2, 0) is 25.6 Å². The largest absolute Gasteiger partial charge is 0.466 e. The van der Waals surface area contributed by atoms with Gasteiger partial charge in [-0.3, -0.25) is 4.79 Å². The Kier molecular flexibility index (Phi) is 4.23. The summed E-state index contributed by atoms with van der Waals surface area (Å²) in [5.74, 6) is -0.411. The van der Waals surface area contributed by atoms with Gasteiger partial charge in [-0.05, 0) is 45.2 Å². The molecule has 2 saturated heterocycles. The molecule has 0 aliphatic carbocycles. The standard InChI is InChI=1S/C19H26O4/c1-5-21-17(20)15-10-18(3)11-16(19(15,4)23-18)22-12-14-9-7-6-8-13(14)2/h6-9,15-16H,5,10-12H2,1-4H3/t15?,16-,18+,19-/m1/s1. The molecule has 2 aliphatic rings. The predicted molar refractivity (Wildman–Crippen MR) is 87.0 cm³/mol. The van der Waals surface area contributed by atoms with Crippen LogP contribution >= 0.6 is 0 Å². The van der Waals surface area contributed by atoms with Gasteiger partial charge in [-0.25, -0.2) is 0 Å². The molecule has 0 radical (unpaired) electrons. The smallest absolute Gasteiger partial charge is 0.312 e. The van der Waals surface area contributed by atoms with Crippen LogP contribution in [0.25, 0.3) is 0 Å².